The molecule has 2 aromatic heterocycles. The second-order valence-corrected chi connectivity index (χ2v) is 7.59. The molecule has 1 amide bonds. The number of anilines is 2. The summed E-state index contributed by atoms with van der Waals surface area (Å²) in [6, 6.07) is 5.86. The van der Waals surface area contributed by atoms with E-state index < -0.39 is 0 Å². The van der Waals surface area contributed by atoms with E-state index in [0.29, 0.717) is 11.6 Å². The summed E-state index contributed by atoms with van der Waals surface area (Å²) in [6.07, 6.45) is 12.4. The summed E-state index contributed by atoms with van der Waals surface area (Å²) >= 11 is 0. The Kier molecular flexibility index (Phi) is 5.99. The van der Waals surface area contributed by atoms with E-state index in [2.05, 4.69) is 30.1 Å². The standard InChI is InChI=1S/C21H28N6O/c28-20(25-18-6-3-1-2-4-7-18)17-8-11-22-19(16-17)26-12-14-27(15-13-26)21-23-9-5-10-24-21/h5,8-11,16,18H,1-4,6-7,12-15H2,(H,25,28). The van der Waals surface area contributed by atoms with E-state index >= 15 is 0 Å². The summed E-state index contributed by atoms with van der Waals surface area (Å²) in [5.74, 6) is 1.65. The van der Waals surface area contributed by atoms with Crippen molar-refractivity contribution in [2.45, 2.75) is 44.6 Å². The quantitative estimate of drug-likeness (QED) is 0.822. The molecule has 28 heavy (non-hydrogen) atoms. The van der Waals surface area contributed by atoms with Crippen LogP contribution in [-0.2, 0) is 0 Å². The van der Waals surface area contributed by atoms with Gasteiger partial charge in [0.2, 0.25) is 5.95 Å². The van der Waals surface area contributed by atoms with Crippen LogP contribution in [0.1, 0.15) is 48.9 Å². The topological polar surface area (TPSA) is 74.2 Å². The molecular weight excluding hydrogens is 352 g/mol. The van der Waals surface area contributed by atoms with Crippen molar-refractivity contribution in [3.8, 4) is 0 Å². The Hall–Kier alpha value is -2.70. The van der Waals surface area contributed by atoms with Gasteiger partial charge in [0, 0.05) is 56.4 Å². The maximum absolute atomic E-state index is 12.7. The number of pyridine rings is 1. The predicted octanol–water partition coefficient (Wildman–Crippen LogP) is 2.65. The number of aromatic nitrogens is 3. The second-order valence-electron chi connectivity index (χ2n) is 7.59. The van der Waals surface area contributed by atoms with E-state index in [9.17, 15) is 4.79 Å². The van der Waals surface area contributed by atoms with Gasteiger partial charge in [-0.25, -0.2) is 15.0 Å². The number of hydrogen-bond acceptors (Lipinski definition) is 6. The van der Waals surface area contributed by atoms with E-state index in [1.807, 2.05) is 18.2 Å². The molecule has 1 saturated heterocycles. The zero-order valence-corrected chi connectivity index (χ0v) is 16.3. The zero-order valence-electron chi connectivity index (χ0n) is 16.3. The molecule has 4 rings (SSSR count). The Morgan fingerprint density at radius 2 is 1.57 bits per heavy atom. The van der Waals surface area contributed by atoms with Gasteiger partial charge in [-0.1, -0.05) is 25.7 Å². The van der Waals surface area contributed by atoms with Gasteiger partial charge in [-0.3, -0.25) is 4.79 Å². The van der Waals surface area contributed by atoms with Gasteiger partial charge in [0.1, 0.15) is 5.82 Å². The van der Waals surface area contributed by atoms with Crippen LogP contribution in [0.4, 0.5) is 11.8 Å². The minimum absolute atomic E-state index is 0.0203. The summed E-state index contributed by atoms with van der Waals surface area (Å²) in [4.78, 5) is 30.3. The first-order chi connectivity index (χ1) is 13.8. The molecule has 0 radical (unpaired) electrons. The molecule has 2 aromatic rings. The molecule has 0 spiro atoms. The van der Waals surface area contributed by atoms with Crippen LogP contribution in [-0.4, -0.2) is 53.1 Å². The summed E-state index contributed by atoms with van der Waals surface area (Å²) in [7, 11) is 0. The van der Waals surface area contributed by atoms with Gasteiger partial charge in [-0.05, 0) is 31.0 Å². The number of carbonyl (C=O) groups is 1. The van der Waals surface area contributed by atoms with E-state index in [1.54, 1.807) is 18.6 Å². The normalized spacial score (nSPS) is 18.6. The van der Waals surface area contributed by atoms with Gasteiger partial charge >= 0.3 is 0 Å². The Morgan fingerprint density at radius 1 is 0.893 bits per heavy atom. The second kappa shape index (κ2) is 8.99. The molecule has 0 bridgehead atoms. The third-order valence-electron chi connectivity index (χ3n) is 5.64. The molecule has 0 aromatic carbocycles. The van der Waals surface area contributed by atoms with E-state index in [0.717, 1.165) is 50.8 Å². The Morgan fingerprint density at radius 3 is 2.29 bits per heavy atom. The van der Waals surface area contributed by atoms with Gasteiger partial charge < -0.3 is 15.1 Å². The number of carbonyl (C=O) groups excluding carboxylic acids is 1. The molecule has 2 fully saturated rings. The molecule has 1 N–H and O–H groups in total. The number of nitrogens with one attached hydrogen (secondary N) is 1. The first-order valence-electron chi connectivity index (χ1n) is 10.3. The molecule has 1 saturated carbocycles. The van der Waals surface area contributed by atoms with E-state index in [-0.39, 0.29) is 5.91 Å². The SMILES string of the molecule is O=C(NC1CCCCCC1)c1ccnc(N2CCN(c3ncccn3)CC2)c1. The number of amides is 1. The van der Waals surface area contributed by atoms with Crippen LogP contribution in [0.25, 0.3) is 0 Å². The van der Waals surface area contributed by atoms with Crippen molar-refractivity contribution in [1.82, 2.24) is 20.3 Å². The fourth-order valence-corrected chi connectivity index (χ4v) is 4.02. The van der Waals surface area contributed by atoms with Crippen molar-refractivity contribution >= 4 is 17.7 Å². The van der Waals surface area contributed by atoms with Crippen LogP contribution in [0.5, 0.6) is 0 Å². The Bertz CT molecular complexity index is 767. The molecule has 148 valence electrons. The molecule has 7 nitrogen and oxygen atoms in total. The van der Waals surface area contributed by atoms with Gasteiger partial charge in [0.25, 0.3) is 5.91 Å². The monoisotopic (exact) mass is 380 g/mol. The smallest absolute Gasteiger partial charge is 0.251 e. The summed E-state index contributed by atoms with van der Waals surface area (Å²) in [5.41, 5.74) is 0.697. The lowest BCUT2D eigenvalue weighted by molar-refractivity contribution is 0.0933. The van der Waals surface area contributed by atoms with Gasteiger partial charge in [0.15, 0.2) is 0 Å². The van der Waals surface area contributed by atoms with Crippen molar-refractivity contribution < 1.29 is 4.79 Å². The average molecular weight is 380 g/mol. The zero-order chi connectivity index (χ0) is 19.2. The maximum Gasteiger partial charge on any atom is 0.251 e. The highest BCUT2D eigenvalue weighted by molar-refractivity contribution is 5.95. The van der Waals surface area contributed by atoms with E-state index in [1.165, 1.54) is 25.7 Å². The van der Waals surface area contributed by atoms with Crippen LogP contribution < -0.4 is 15.1 Å². The molecule has 2 aliphatic rings. The third-order valence-corrected chi connectivity index (χ3v) is 5.64. The first kappa shape index (κ1) is 18.7. The van der Waals surface area contributed by atoms with Crippen molar-refractivity contribution in [3.05, 3.63) is 42.4 Å². The summed E-state index contributed by atoms with van der Waals surface area (Å²) in [5, 5.41) is 3.22. The lowest BCUT2D eigenvalue weighted by Gasteiger charge is -2.35. The molecule has 7 heteroatoms. The fraction of sp³-hybridized carbons (Fsp3) is 0.524. The lowest BCUT2D eigenvalue weighted by atomic mass is 10.1. The number of rotatable bonds is 4. The maximum atomic E-state index is 12.7. The van der Waals surface area contributed by atoms with Crippen LogP contribution >= 0.6 is 0 Å². The number of hydrogen-bond donors (Lipinski definition) is 1. The van der Waals surface area contributed by atoms with Gasteiger partial charge in [-0.15, -0.1) is 0 Å². The van der Waals surface area contributed by atoms with Gasteiger partial charge in [0.05, 0.1) is 0 Å². The van der Waals surface area contributed by atoms with Crippen molar-refractivity contribution in [2.75, 3.05) is 36.0 Å². The highest BCUT2D eigenvalue weighted by atomic mass is 16.1. The highest BCUT2D eigenvalue weighted by Gasteiger charge is 2.21. The van der Waals surface area contributed by atoms with Crippen molar-refractivity contribution in [1.29, 1.82) is 0 Å². The molecule has 0 unspecified atom stereocenters. The van der Waals surface area contributed by atoms with E-state index in [4.69, 9.17) is 0 Å². The van der Waals surface area contributed by atoms with Crippen LogP contribution in [0.3, 0.4) is 0 Å². The summed E-state index contributed by atoms with van der Waals surface area (Å²) in [6.45, 7) is 3.34. The van der Waals surface area contributed by atoms with Gasteiger partial charge in [-0.2, -0.15) is 0 Å². The Balaban J connectivity index is 1.36. The highest BCUT2D eigenvalue weighted by Crippen LogP contribution is 2.19. The fourth-order valence-electron chi connectivity index (χ4n) is 4.02. The molecule has 1 aliphatic heterocycles. The Labute approximate surface area is 166 Å². The first-order valence-corrected chi connectivity index (χ1v) is 10.3. The molecule has 1 aliphatic carbocycles. The number of nitrogens with zero attached hydrogens (tertiary/aromatic N) is 5. The van der Waals surface area contributed by atoms with Crippen LogP contribution in [0.2, 0.25) is 0 Å². The molecule has 3 heterocycles. The molecular formula is C21H28N6O. The minimum atomic E-state index is 0.0203. The van der Waals surface area contributed by atoms with Crippen LogP contribution in [0.15, 0.2) is 36.8 Å². The number of piperazine rings is 1. The van der Waals surface area contributed by atoms with Crippen molar-refractivity contribution in [2.24, 2.45) is 0 Å². The minimum Gasteiger partial charge on any atom is -0.353 e. The summed E-state index contributed by atoms with van der Waals surface area (Å²) < 4.78 is 0. The average Bonchev–Trinajstić information content (AvgIpc) is 3.03. The lowest BCUT2D eigenvalue weighted by Crippen LogP contribution is -2.47. The van der Waals surface area contributed by atoms with Crippen molar-refractivity contribution in [3.63, 3.8) is 0 Å². The predicted molar refractivity (Wildman–Crippen MR) is 110 cm³/mol. The molecule has 0 atom stereocenters. The largest absolute Gasteiger partial charge is 0.353 e. The van der Waals surface area contributed by atoms with Crippen LogP contribution in [0, 0.1) is 0 Å². The third kappa shape index (κ3) is 4.58.